The van der Waals surface area contributed by atoms with Crippen LogP contribution >= 0.6 is 0 Å². The Morgan fingerprint density at radius 3 is 2.33 bits per heavy atom. The van der Waals surface area contributed by atoms with E-state index in [1.165, 1.54) is 12.8 Å². The molecular weight excluding hydrogens is 190 g/mol. The topological polar surface area (TPSA) is 49.2 Å². The lowest BCUT2D eigenvalue weighted by Crippen LogP contribution is -2.45. The Balaban J connectivity index is 1.89. The van der Waals surface area contributed by atoms with Crippen molar-refractivity contribution in [3.8, 4) is 0 Å². The molecule has 2 aliphatic rings. The number of aliphatic hydroxyl groups excluding tert-OH is 1. The van der Waals surface area contributed by atoms with Crippen LogP contribution in [-0.2, 0) is 0 Å². The third-order valence-electron chi connectivity index (χ3n) is 3.49. The Morgan fingerprint density at radius 2 is 1.73 bits per heavy atom. The molecule has 0 spiro atoms. The molecule has 0 aromatic carbocycles. The van der Waals surface area contributed by atoms with Crippen molar-refractivity contribution in [1.29, 1.82) is 0 Å². The molecule has 15 heavy (non-hydrogen) atoms. The number of piperidine rings is 1. The van der Waals surface area contributed by atoms with Gasteiger partial charge in [0.2, 0.25) is 5.95 Å². The average molecular weight is 205 g/mol. The van der Waals surface area contributed by atoms with Crippen molar-refractivity contribution in [3.05, 3.63) is 18.5 Å². The van der Waals surface area contributed by atoms with Crippen LogP contribution in [0.2, 0.25) is 0 Å². The summed E-state index contributed by atoms with van der Waals surface area (Å²) < 4.78 is 0. The zero-order valence-corrected chi connectivity index (χ0v) is 8.58. The third-order valence-corrected chi connectivity index (χ3v) is 3.49. The second-order valence-corrected chi connectivity index (χ2v) is 4.47. The first-order chi connectivity index (χ1) is 7.34. The van der Waals surface area contributed by atoms with Gasteiger partial charge in [-0.2, -0.15) is 0 Å². The molecule has 1 unspecified atom stereocenters. The maximum Gasteiger partial charge on any atom is 0.225 e. The minimum atomic E-state index is -0.123. The van der Waals surface area contributed by atoms with Gasteiger partial charge in [-0.05, 0) is 31.7 Å². The summed E-state index contributed by atoms with van der Waals surface area (Å²) in [5, 5.41) is 9.69. The van der Waals surface area contributed by atoms with Crippen molar-refractivity contribution in [2.75, 3.05) is 4.90 Å². The van der Waals surface area contributed by atoms with E-state index in [9.17, 15) is 5.11 Å². The molecule has 4 heteroatoms. The second kappa shape index (κ2) is 3.45. The molecule has 0 radical (unpaired) electrons. The third kappa shape index (κ3) is 1.49. The van der Waals surface area contributed by atoms with E-state index in [0.717, 1.165) is 18.8 Å². The molecule has 3 heterocycles. The molecule has 1 aromatic rings. The van der Waals surface area contributed by atoms with Crippen LogP contribution in [0, 0.1) is 0 Å². The predicted molar refractivity (Wildman–Crippen MR) is 56.6 cm³/mol. The van der Waals surface area contributed by atoms with Gasteiger partial charge in [0, 0.05) is 24.5 Å². The predicted octanol–water partition coefficient (Wildman–Crippen LogP) is 0.969. The van der Waals surface area contributed by atoms with Gasteiger partial charge in [0.1, 0.15) is 0 Å². The van der Waals surface area contributed by atoms with Crippen molar-refractivity contribution in [2.24, 2.45) is 0 Å². The summed E-state index contributed by atoms with van der Waals surface area (Å²) in [5.41, 5.74) is 0. The van der Waals surface area contributed by atoms with E-state index in [4.69, 9.17) is 0 Å². The molecule has 3 rings (SSSR count). The summed E-state index contributed by atoms with van der Waals surface area (Å²) in [5.74, 6) is 0.830. The number of aliphatic hydroxyl groups is 1. The highest BCUT2D eigenvalue weighted by Gasteiger charge is 2.41. The Bertz CT molecular complexity index is 329. The molecule has 3 atom stereocenters. The molecule has 2 aliphatic heterocycles. The van der Waals surface area contributed by atoms with Crippen LogP contribution in [0.4, 0.5) is 5.95 Å². The lowest BCUT2D eigenvalue weighted by molar-refractivity contribution is 0.125. The number of hydrogen-bond acceptors (Lipinski definition) is 4. The first-order valence-corrected chi connectivity index (χ1v) is 5.58. The molecular formula is C11H15N3O. The fourth-order valence-corrected chi connectivity index (χ4v) is 2.90. The normalized spacial score (nSPS) is 34.5. The fraction of sp³-hybridized carbons (Fsp3) is 0.636. The van der Waals surface area contributed by atoms with E-state index >= 15 is 0 Å². The first-order valence-electron chi connectivity index (χ1n) is 5.58. The number of anilines is 1. The summed E-state index contributed by atoms with van der Waals surface area (Å²) in [6.07, 6.45) is 7.52. The number of hydrogen-bond donors (Lipinski definition) is 1. The molecule has 1 N–H and O–H groups in total. The fourth-order valence-electron chi connectivity index (χ4n) is 2.90. The lowest BCUT2D eigenvalue weighted by atomic mass is 10.0. The maximum absolute atomic E-state index is 9.69. The van der Waals surface area contributed by atoms with Gasteiger partial charge in [0.25, 0.3) is 0 Å². The smallest absolute Gasteiger partial charge is 0.225 e. The quantitative estimate of drug-likeness (QED) is 0.742. The Kier molecular flexibility index (Phi) is 2.09. The Hall–Kier alpha value is -1.16. The van der Waals surface area contributed by atoms with Crippen molar-refractivity contribution >= 4 is 5.95 Å². The van der Waals surface area contributed by atoms with Crippen molar-refractivity contribution in [2.45, 2.75) is 43.9 Å². The van der Waals surface area contributed by atoms with Crippen LogP contribution in [0.5, 0.6) is 0 Å². The number of rotatable bonds is 1. The van der Waals surface area contributed by atoms with Gasteiger partial charge in [-0.15, -0.1) is 0 Å². The van der Waals surface area contributed by atoms with Gasteiger partial charge in [-0.1, -0.05) is 0 Å². The summed E-state index contributed by atoms with van der Waals surface area (Å²) >= 11 is 0. The molecule has 4 nitrogen and oxygen atoms in total. The van der Waals surface area contributed by atoms with E-state index in [-0.39, 0.29) is 6.10 Å². The molecule has 2 fully saturated rings. The van der Waals surface area contributed by atoms with Gasteiger partial charge in [-0.25, -0.2) is 9.97 Å². The van der Waals surface area contributed by atoms with E-state index in [0.29, 0.717) is 12.1 Å². The Morgan fingerprint density at radius 1 is 1.13 bits per heavy atom. The largest absolute Gasteiger partial charge is 0.393 e. The van der Waals surface area contributed by atoms with E-state index in [2.05, 4.69) is 14.9 Å². The van der Waals surface area contributed by atoms with Crippen LogP contribution in [0.3, 0.4) is 0 Å². The SMILES string of the molecule is OC1C[C@H]2CC[C@@H](C1)N2c1ncccn1. The minimum absolute atomic E-state index is 0.123. The molecule has 0 aliphatic carbocycles. The zero-order valence-electron chi connectivity index (χ0n) is 8.58. The molecule has 80 valence electrons. The van der Waals surface area contributed by atoms with Crippen LogP contribution in [0.25, 0.3) is 0 Å². The number of aromatic nitrogens is 2. The molecule has 2 saturated heterocycles. The molecule has 2 bridgehead atoms. The van der Waals surface area contributed by atoms with Gasteiger partial charge >= 0.3 is 0 Å². The van der Waals surface area contributed by atoms with Crippen molar-refractivity contribution in [1.82, 2.24) is 9.97 Å². The summed E-state index contributed by atoms with van der Waals surface area (Å²) in [4.78, 5) is 10.9. The highest BCUT2D eigenvalue weighted by Crippen LogP contribution is 2.37. The molecule has 0 saturated carbocycles. The van der Waals surface area contributed by atoms with E-state index in [1.807, 2.05) is 6.07 Å². The zero-order chi connectivity index (χ0) is 10.3. The average Bonchev–Trinajstić information content (AvgIpc) is 2.53. The van der Waals surface area contributed by atoms with Crippen molar-refractivity contribution in [3.63, 3.8) is 0 Å². The second-order valence-electron chi connectivity index (χ2n) is 4.47. The molecule has 1 aromatic heterocycles. The molecule has 0 amide bonds. The Labute approximate surface area is 89.0 Å². The summed E-state index contributed by atoms with van der Waals surface area (Å²) in [7, 11) is 0. The highest BCUT2D eigenvalue weighted by atomic mass is 16.3. The first kappa shape index (κ1) is 9.09. The standard InChI is InChI=1S/C11H15N3O/c15-10-6-8-2-3-9(7-10)14(8)11-12-4-1-5-13-11/h1,4-5,8-10,15H,2-3,6-7H2/t8-,9+,10?. The monoisotopic (exact) mass is 205 g/mol. The van der Waals surface area contributed by atoms with Gasteiger partial charge in [0.05, 0.1) is 6.10 Å². The van der Waals surface area contributed by atoms with Gasteiger partial charge in [0.15, 0.2) is 0 Å². The number of fused-ring (bicyclic) bond motifs is 2. The van der Waals surface area contributed by atoms with Crippen LogP contribution in [-0.4, -0.2) is 33.3 Å². The van der Waals surface area contributed by atoms with Crippen molar-refractivity contribution < 1.29 is 5.11 Å². The van der Waals surface area contributed by atoms with Crippen LogP contribution in [0.1, 0.15) is 25.7 Å². The minimum Gasteiger partial charge on any atom is -0.393 e. The highest BCUT2D eigenvalue weighted by molar-refractivity contribution is 5.36. The van der Waals surface area contributed by atoms with Gasteiger partial charge in [-0.3, -0.25) is 0 Å². The van der Waals surface area contributed by atoms with Crippen LogP contribution < -0.4 is 4.90 Å². The summed E-state index contributed by atoms with van der Waals surface area (Å²) in [6.45, 7) is 0. The van der Waals surface area contributed by atoms with Crippen LogP contribution in [0.15, 0.2) is 18.5 Å². The summed E-state index contributed by atoms with van der Waals surface area (Å²) in [6, 6.07) is 2.73. The number of nitrogens with zero attached hydrogens (tertiary/aromatic N) is 3. The van der Waals surface area contributed by atoms with Gasteiger partial charge < -0.3 is 10.0 Å². The van der Waals surface area contributed by atoms with E-state index in [1.54, 1.807) is 12.4 Å². The van der Waals surface area contributed by atoms with E-state index < -0.39 is 0 Å². The lowest BCUT2D eigenvalue weighted by Gasteiger charge is -2.37. The maximum atomic E-state index is 9.69.